The molecule has 0 aromatic heterocycles. The highest BCUT2D eigenvalue weighted by Crippen LogP contribution is 2.26. The van der Waals surface area contributed by atoms with Crippen LogP contribution in [-0.4, -0.2) is 23.1 Å². The lowest BCUT2D eigenvalue weighted by molar-refractivity contribution is 0.0817. The quantitative estimate of drug-likeness (QED) is 0.298. The maximum atomic E-state index is 12.1. The Balaban J connectivity index is 0.000000153. The van der Waals surface area contributed by atoms with Crippen LogP contribution in [0.3, 0.4) is 0 Å². The Labute approximate surface area is 185 Å². The Morgan fingerprint density at radius 2 is 0.625 bits per heavy atom. The van der Waals surface area contributed by atoms with Crippen LogP contribution in [0.1, 0.15) is 52.6 Å². The number of ketones is 4. The van der Waals surface area contributed by atoms with E-state index < -0.39 is 11.6 Å². The lowest BCUT2D eigenvalue weighted by atomic mass is 9.84. The summed E-state index contributed by atoms with van der Waals surface area (Å²) in [7, 11) is 0. The van der Waals surface area contributed by atoms with Crippen LogP contribution in [0.2, 0.25) is 0 Å². The summed E-state index contributed by atoms with van der Waals surface area (Å²) < 4.78 is 0. The molecule has 5 rings (SSSR count). The van der Waals surface area contributed by atoms with Gasteiger partial charge in [-0.05, 0) is 0 Å². The van der Waals surface area contributed by atoms with Gasteiger partial charge in [-0.25, -0.2) is 0 Å². The van der Waals surface area contributed by atoms with Gasteiger partial charge in [0, 0.05) is 33.4 Å². The van der Waals surface area contributed by atoms with Gasteiger partial charge in [-0.15, -0.1) is 0 Å². The molecule has 0 amide bonds. The second-order valence-electron chi connectivity index (χ2n) is 7.14. The normalized spacial score (nSPS) is 11.5. The zero-order valence-electron chi connectivity index (χ0n) is 17.0. The summed E-state index contributed by atoms with van der Waals surface area (Å²) in [6, 6.07) is 31.1. The molecule has 0 heterocycles. The Morgan fingerprint density at radius 1 is 0.375 bits per heavy atom. The standard InChI is InChI=1S/C14H8O2.C14H10O2/c15-13-9-5-1-2-6-10(9)14(16)12-8-4-3-7-11(12)13;15-13(11-7-3-1-4-8-11)14(16)12-9-5-2-6-10-12/h1-8H;1-10H. The van der Waals surface area contributed by atoms with Crippen molar-refractivity contribution in [2.24, 2.45) is 0 Å². The van der Waals surface area contributed by atoms with Crippen molar-refractivity contribution >= 4 is 23.1 Å². The van der Waals surface area contributed by atoms with Gasteiger partial charge in [-0.1, -0.05) is 109 Å². The van der Waals surface area contributed by atoms with E-state index in [9.17, 15) is 19.2 Å². The number of fused-ring (bicyclic) bond motifs is 2. The van der Waals surface area contributed by atoms with Crippen molar-refractivity contribution in [3.63, 3.8) is 0 Å². The van der Waals surface area contributed by atoms with Crippen molar-refractivity contribution in [2.75, 3.05) is 0 Å². The van der Waals surface area contributed by atoms with E-state index in [0.29, 0.717) is 33.4 Å². The number of carbonyl (C=O) groups excluding carboxylic acids is 4. The zero-order valence-corrected chi connectivity index (χ0v) is 17.0. The molecule has 0 atom stereocenters. The first-order valence-electron chi connectivity index (χ1n) is 10.0. The van der Waals surface area contributed by atoms with Crippen molar-refractivity contribution in [2.45, 2.75) is 0 Å². The van der Waals surface area contributed by atoms with Crippen molar-refractivity contribution in [3.8, 4) is 0 Å². The molecule has 1 aliphatic carbocycles. The van der Waals surface area contributed by atoms with Gasteiger partial charge in [0.2, 0.25) is 11.6 Å². The van der Waals surface area contributed by atoms with E-state index >= 15 is 0 Å². The van der Waals surface area contributed by atoms with Gasteiger partial charge < -0.3 is 0 Å². The predicted molar refractivity (Wildman–Crippen MR) is 121 cm³/mol. The number of hydrogen-bond acceptors (Lipinski definition) is 4. The molecule has 0 unspecified atom stereocenters. The van der Waals surface area contributed by atoms with E-state index in [0.717, 1.165) is 0 Å². The van der Waals surface area contributed by atoms with Crippen molar-refractivity contribution in [1.82, 2.24) is 0 Å². The lowest BCUT2D eigenvalue weighted by Gasteiger charge is -2.16. The molecule has 0 bridgehead atoms. The molecule has 32 heavy (non-hydrogen) atoms. The van der Waals surface area contributed by atoms with Crippen LogP contribution < -0.4 is 0 Å². The van der Waals surface area contributed by atoms with Crippen molar-refractivity contribution in [3.05, 3.63) is 143 Å². The van der Waals surface area contributed by atoms with Gasteiger partial charge in [-0.3, -0.25) is 19.2 Å². The zero-order chi connectivity index (χ0) is 22.5. The van der Waals surface area contributed by atoms with Gasteiger partial charge in [-0.2, -0.15) is 0 Å². The van der Waals surface area contributed by atoms with E-state index in [-0.39, 0.29) is 11.6 Å². The Hall–Kier alpha value is -4.44. The second-order valence-corrected chi connectivity index (χ2v) is 7.14. The summed E-state index contributed by atoms with van der Waals surface area (Å²) >= 11 is 0. The summed E-state index contributed by atoms with van der Waals surface area (Å²) in [6.07, 6.45) is 0. The van der Waals surface area contributed by atoms with E-state index in [1.54, 1.807) is 97.1 Å². The second kappa shape index (κ2) is 9.14. The molecular weight excluding hydrogens is 400 g/mol. The minimum absolute atomic E-state index is 0.0641. The highest BCUT2D eigenvalue weighted by molar-refractivity contribution is 6.49. The van der Waals surface area contributed by atoms with Crippen LogP contribution in [-0.2, 0) is 0 Å². The van der Waals surface area contributed by atoms with Gasteiger partial charge >= 0.3 is 0 Å². The predicted octanol–water partition coefficient (Wildman–Crippen LogP) is 5.21. The fraction of sp³-hybridized carbons (Fsp3) is 0. The smallest absolute Gasteiger partial charge is 0.233 e. The van der Waals surface area contributed by atoms with Crippen molar-refractivity contribution < 1.29 is 19.2 Å². The molecule has 4 aromatic rings. The minimum atomic E-state index is -0.466. The molecule has 0 N–H and O–H groups in total. The molecule has 1 aliphatic rings. The first-order valence-corrected chi connectivity index (χ1v) is 10.0. The van der Waals surface area contributed by atoms with Gasteiger partial charge in [0.15, 0.2) is 11.6 Å². The molecule has 4 nitrogen and oxygen atoms in total. The number of benzene rings is 4. The average molecular weight is 418 g/mol. The summed E-state index contributed by atoms with van der Waals surface area (Å²) in [4.78, 5) is 47.8. The van der Waals surface area contributed by atoms with Crippen LogP contribution in [0.5, 0.6) is 0 Å². The molecular formula is C28H18O4. The third kappa shape index (κ3) is 4.07. The van der Waals surface area contributed by atoms with E-state index in [2.05, 4.69) is 0 Å². The summed E-state index contributed by atoms with van der Waals surface area (Å²) in [5.41, 5.74) is 2.88. The van der Waals surface area contributed by atoms with E-state index in [1.807, 2.05) is 12.1 Å². The van der Waals surface area contributed by atoms with Gasteiger partial charge in [0.05, 0.1) is 0 Å². The highest BCUT2D eigenvalue weighted by Gasteiger charge is 2.28. The first-order chi connectivity index (χ1) is 15.6. The molecule has 4 aromatic carbocycles. The number of Topliss-reactive ketones (excluding diaryl/α,β-unsaturated/α-hetero) is 2. The molecule has 0 radical (unpaired) electrons. The molecule has 4 heteroatoms. The molecule has 0 spiro atoms. The summed E-state index contributed by atoms with van der Waals surface area (Å²) in [5, 5.41) is 0. The molecule has 0 aliphatic heterocycles. The lowest BCUT2D eigenvalue weighted by Crippen LogP contribution is -2.20. The molecule has 0 saturated heterocycles. The molecule has 0 fully saturated rings. The Bertz CT molecular complexity index is 1170. The van der Waals surface area contributed by atoms with E-state index in [1.165, 1.54) is 0 Å². The van der Waals surface area contributed by atoms with Crippen LogP contribution in [0.4, 0.5) is 0 Å². The molecule has 154 valence electrons. The first kappa shape index (κ1) is 20.8. The van der Waals surface area contributed by atoms with Crippen LogP contribution in [0, 0.1) is 0 Å². The Morgan fingerprint density at radius 3 is 0.906 bits per heavy atom. The number of hydrogen-bond donors (Lipinski definition) is 0. The fourth-order valence-corrected chi connectivity index (χ4v) is 3.49. The van der Waals surface area contributed by atoms with E-state index in [4.69, 9.17) is 0 Å². The topological polar surface area (TPSA) is 68.3 Å². The SMILES string of the molecule is O=C(C(=O)c1ccccc1)c1ccccc1.O=C1c2ccccc2C(=O)c2ccccc21. The summed E-state index contributed by atoms with van der Waals surface area (Å²) in [5.74, 6) is -1.06. The maximum absolute atomic E-state index is 12.1. The number of rotatable bonds is 3. The summed E-state index contributed by atoms with van der Waals surface area (Å²) in [6.45, 7) is 0. The minimum Gasteiger partial charge on any atom is -0.289 e. The van der Waals surface area contributed by atoms with Crippen LogP contribution in [0.15, 0.2) is 109 Å². The third-order valence-electron chi connectivity index (χ3n) is 5.11. The van der Waals surface area contributed by atoms with Gasteiger partial charge in [0.1, 0.15) is 0 Å². The monoisotopic (exact) mass is 418 g/mol. The number of carbonyl (C=O) groups is 4. The Kier molecular flexibility index (Phi) is 5.95. The third-order valence-corrected chi connectivity index (χ3v) is 5.11. The van der Waals surface area contributed by atoms with Crippen LogP contribution >= 0.6 is 0 Å². The average Bonchev–Trinajstić information content (AvgIpc) is 2.88. The van der Waals surface area contributed by atoms with Gasteiger partial charge in [0.25, 0.3) is 0 Å². The molecule has 0 saturated carbocycles. The van der Waals surface area contributed by atoms with Crippen LogP contribution in [0.25, 0.3) is 0 Å². The maximum Gasteiger partial charge on any atom is 0.233 e. The fourth-order valence-electron chi connectivity index (χ4n) is 3.49. The largest absolute Gasteiger partial charge is 0.289 e. The highest BCUT2D eigenvalue weighted by atomic mass is 16.2. The van der Waals surface area contributed by atoms with Crippen molar-refractivity contribution in [1.29, 1.82) is 0 Å².